The summed E-state index contributed by atoms with van der Waals surface area (Å²) in [5, 5.41) is 9.75. The van der Waals surface area contributed by atoms with Crippen molar-refractivity contribution in [1.29, 1.82) is 0 Å². The summed E-state index contributed by atoms with van der Waals surface area (Å²) < 4.78 is 16.4. The molecular weight excluding hydrogens is 408 g/mol. The van der Waals surface area contributed by atoms with Gasteiger partial charge in [0, 0.05) is 32.2 Å². The molecule has 0 unspecified atom stereocenters. The Morgan fingerprint density at radius 3 is 1.84 bits per heavy atom. The van der Waals surface area contributed by atoms with Crippen LogP contribution in [0.25, 0.3) is 11.1 Å². The highest BCUT2D eigenvalue weighted by molar-refractivity contribution is 5.79. The first kappa shape index (κ1) is 24.2. The van der Waals surface area contributed by atoms with E-state index in [4.69, 9.17) is 19.9 Å². The number of amides is 1. The minimum Gasteiger partial charge on any atom is -0.465 e. The SMILES string of the molecule is NCCCOCCOCCOCCCN(CC1c2ccccc2-c2ccccc21)C(=O)O. The van der Waals surface area contributed by atoms with Crippen LogP contribution in [0.15, 0.2) is 48.5 Å². The fourth-order valence-electron chi connectivity index (χ4n) is 4.03. The Morgan fingerprint density at radius 2 is 1.31 bits per heavy atom. The van der Waals surface area contributed by atoms with Gasteiger partial charge in [0.15, 0.2) is 0 Å². The van der Waals surface area contributed by atoms with Crippen molar-refractivity contribution >= 4 is 6.09 Å². The van der Waals surface area contributed by atoms with Crippen LogP contribution in [0.5, 0.6) is 0 Å². The second kappa shape index (κ2) is 13.2. The van der Waals surface area contributed by atoms with E-state index in [0.717, 1.165) is 6.42 Å². The number of nitrogens with zero attached hydrogens (tertiary/aromatic N) is 1. The molecular formula is C25H34N2O5. The van der Waals surface area contributed by atoms with E-state index < -0.39 is 6.09 Å². The van der Waals surface area contributed by atoms with Crippen molar-refractivity contribution in [2.75, 3.05) is 59.3 Å². The Kier molecular flexibility index (Phi) is 9.97. The van der Waals surface area contributed by atoms with E-state index in [0.29, 0.717) is 65.7 Å². The second-order valence-corrected chi connectivity index (χ2v) is 7.79. The highest BCUT2D eigenvalue weighted by Crippen LogP contribution is 2.44. The molecule has 2 aromatic carbocycles. The Labute approximate surface area is 190 Å². The third-order valence-corrected chi connectivity index (χ3v) is 5.59. The van der Waals surface area contributed by atoms with Gasteiger partial charge in [-0.3, -0.25) is 0 Å². The van der Waals surface area contributed by atoms with Crippen LogP contribution in [0.4, 0.5) is 4.79 Å². The molecule has 0 bridgehead atoms. The third kappa shape index (κ3) is 6.77. The molecule has 0 spiro atoms. The Morgan fingerprint density at radius 1 is 0.812 bits per heavy atom. The van der Waals surface area contributed by atoms with Crippen molar-refractivity contribution in [3.63, 3.8) is 0 Å². The maximum Gasteiger partial charge on any atom is 0.407 e. The summed E-state index contributed by atoms with van der Waals surface area (Å²) in [5.41, 5.74) is 10.2. The molecule has 174 valence electrons. The first-order valence-electron chi connectivity index (χ1n) is 11.3. The molecule has 1 aliphatic rings. The molecule has 3 rings (SSSR count). The summed E-state index contributed by atoms with van der Waals surface area (Å²) in [4.78, 5) is 13.4. The van der Waals surface area contributed by atoms with E-state index in [1.54, 1.807) is 0 Å². The normalized spacial score (nSPS) is 12.5. The standard InChI is InChI=1S/C25H34N2O5/c26-11-5-13-30-15-17-32-18-16-31-14-6-12-27(25(28)29)19-24-22-9-3-1-7-20(22)21-8-2-4-10-23(21)24/h1-4,7-10,24H,5-6,11-19,26H2,(H,28,29). The van der Waals surface area contributed by atoms with Gasteiger partial charge in [-0.1, -0.05) is 48.5 Å². The largest absolute Gasteiger partial charge is 0.465 e. The molecule has 0 heterocycles. The van der Waals surface area contributed by atoms with Crippen molar-refractivity contribution in [3.8, 4) is 11.1 Å². The number of nitrogens with two attached hydrogens (primary N) is 1. The average Bonchev–Trinajstić information content (AvgIpc) is 3.12. The average molecular weight is 443 g/mol. The maximum absolute atomic E-state index is 11.9. The van der Waals surface area contributed by atoms with Gasteiger partial charge in [0.2, 0.25) is 0 Å². The van der Waals surface area contributed by atoms with Crippen LogP contribution in [0.2, 0.25) is 0 Å². The first-order valence-corrected chi connectivity index (χ1v) is 11.3. The van der Waals surface area contributed by atoms with Gasteiger partial charge in [-0.25, -0.2) is 4.79 Å². The smallest absolute Gasteiger partial charge is 0.407 e. The topological polar surface area (TPSA) is 94.3 Å². The van der Waals surface area contributed by atoms with Crippen LogP contribution in [0.1, 0.15) is 29.9 Å². The summed E-state index contributed by atoms with van der Waals surface area (Å²) >= 11 is 0. The minimum absolute atomic E-state index is 0.0555. The molecule has 0 saturated heterocycles. The molecule has 7 heteroatoms. The summed E-state index contributed by atoms with van der Waals surface area (Å²) in [6.07, 6.45) is 0.602. The van der Waals surface area contributed by atoms with Crippen molar-refractivity contribution < 1.29 is 24.1 Å². The second-order valence-electron chi connectivity index (χ2n) is 7.79. The van der Waals surface area contributed by atoms with E-state index in [1.807, 2.05) is 24.3 Å². The maximum atomic E-state index is 11.9. The van der Waals surface area contributed by atoms with Gasteiger partial charge in [-0.05, 0) is 41.6 Å². The number of carbonyl (C=O) groups is 1. The molecule has 0 aliphatic heterocycles. The first-order chi connectivity index (χ1) is 15.7. The lowest BCUT2D eigenvalue weighted by Crippen LogP contribution is -2.34. The van der Waals surface area contributed by atoms with E-state index in [1.165, 1.54) is 27.2 Å². The summed E-state index contributed by atoms with van der Waals surface area (Å²) in [7, 11) is 0. The van der Waals surface area contributed by atoms with E-state index in [-0.39, 0.29) is 5.92 Å². The lowest BCUT2D eigenvalue weighted by atomic mass is 9.96. The van der Waals surface area contributed by atoms with Gasteiger partial charge < -0.3 is 30.0 Å². The predicted octanol–water partition coefficient (Wildman–Crippen LogP) is 3.57. The molecule has 2 aromatic rings. The molecule has 1 amide bonds. The van der Waals surface area contributed by atoms with Crippen LogP contribution in [0, 0.1) is 0 Å². The van der Waals surface area contributed by atoms with E-state index in [9.17, 15) is 9.90 Å². The predicted molar refractivity (Wildman–Crippen MR) is 124 cm³/mol. The molecule has 0 atom stereocenters. The van der Waals surface area contributed by atoms with E-state index in [2.05, 4.69) is 24.3 Å². The highest BCUT2D eigenvalue weighted by atomic mass is 16.5. The molecule has 3 N–H and O–H groups in total. The van der Waals surface area contributed by atoms with Crippen LogP contribution in [-0.4, -0.2) is 75.4 Å². The van der Waals surface area contributed by atoms with Gasteiger partial charge in [0.25, 0.3) is 0 Å². The zero-order chi connectivity index (χ0) is 22.6. The van der Waals surface area contributed by atoms with Crippen LogP contribution < -0.4 is 5.73 Å². The Bertz CT molecular complexity index is 799. The number of hydrogen-bond donors (Lipinski definition) is 2. The number of fused-ring (bicyclic) bond motifs is 3. The fraction of sp³-hybridized carbons (Fsp3) is 0.480. The van der Waals surface area contributed by atoms with Crippen molar-refractivity contribution in [2.24, 2.45) is 5.73 Å². The van der Waals surface area contributed by atoms with Crippen molar-refractivity contribution in [2.45, 2.75) is 18.8 Å². The minimum atomic E-state index is -0.898. The number of ether oxygens (including phenoxy) is 3. The van der Waals surface area contributed by atoms with Crippen LogP contribution in [0.3, 0.4) is 0 Å². The Hall–Kier alpha value is -2.45. The molecule has 0 radical (unpaired) electrons. The third-order valence-electron chi connectivity index (χ3n) is 5.59. The molecule has 0 fully saturated rings. The monoisotopic (exact) mass is 442 g/mol. The van der Waals surface area contributed by atoms with Crippen molar-refractivity contribution in [3.05, 3.63) is 59.7 Å². The molecule has 1 aliphatic carbocycles. The summed E-state index contributed by atoms with van der Waals surface area (Å²) in [6, 6.07) is 16.5. The zero-order valence-electron chi connectivity index (χ0n) is 18.6. The summed E-state index contributed by atoms with van der Waals surface area (Å²) in [5.74, 6) is 0.0555. The Balaban J connectivity index is 1.38. The fourth-order valence-corrected chi connectivity index (χ4v) is 4.03. The molecule has 0 saturated carbocycles. The van der Waals surface area contributed by atoms with Gasteiger partial charge in [0.05, 0.1) is 26.4 Å². The van der Waals surface area contributed by atoms with Gasteiger partial charge in [-0.2, -0.15) is 0 Å². The number of hydrogen-bond acceptors (Lipinski definition) is 5. The molecule has 7 nitrogen and oxygen atoms in total. The summed E-state index contributed by atoms with van der Waals surface area (Å²) in [6.45, 7) is 4.74. The van der Waals surface area contributed by atoms with Crippen LogP contribution >= 0.6 is 0 Å². The molecule has 0 aromatic heterocycles. The highest BCUT2D eigenvalue weighted by Gasteiger charge is 2.30. The van der Waals surface area contributed by atoms with Gasteiger partial charge in [-0.15, -0.1) is 0 Å². The van der Waals surface area contributed by atoms with Crippen LogP contribution in [-0.2, 0) is 14.2 Å². The lowest BCUT2D eigenvalue weighted by molar-refractivity contribution is 0.0130. The van der Waals surface area contributed by atoms with Gasteiger partial charge >= 0.3 is 6.09 Å². The quantitative estimate of drug-likeness (QED) is 0.410. The van der Waals surface area contributed by atoms with E-state index >= 15 is 0 Å². The number of carboxylic acid groups (broad SMARTS) is 1. The number of benzene rings is 2. The molecule has 32 heavy (non-hydrogen) atoms. The van der Waals surface area contributed by atoms with Gasteiger partial charge in [0.1, 0.15) is 0 Å². The zero-order valence-corrected chi connectivity index (χ0v) is 18.6. The van der Waals surface area contributed by atoms with Crippen molar-refractivity contribution in [1.82, 2.24) is 4.90 Å². The number of rotatable bonds is 15. The lowest BCUT2D eigenvalue weighted by Gasteiger charge is -2.24.